The highest BCUT2D eigenvalue weighted by molar-refractivity contribution is 8.00. The molecular formula is C19H18N4O4S. The lowest BCUT2D eigenvalue weighted by molar-refractivity contribution is -0.113. The van der Waals surface area contributed by atoms with Gasteiger partial charge >= 0.3 is 5.97 Å². The van der Waals surface area contributed by atoms with Gasteiger partial charge in [-0.05, 0) is 31.2 Å². The predicted octanol–water partition coefficient (Wildman–Crippen LogP) is 2.31. The number of carboxylic acid groups (broad SMARTS) is 1. The summed E-state index contributed by atoms with van der Waals surface area (Å²) in [6.07, 6.45) is 1.46. The summed E-state index contributed by atoms with van der Waals surface area (Å²) in [5, 5.41) is 12.1. The Morgan fingerprint density at radius 2 is 1.89 bits per heavy atom. The van der Waals surface area contributed by atoms with Crippen molar-refractivity contribution in [1.29, 1.82) is 0 Å². The number of hydrogen-bond acceptors (Lipinski definition) is 5. The van der Waals surface area contributed by atoms with Crippen LogP contribution in [0.1, 0.15) is 16.1 Å². The van der Waals surface area contributed by atoms with Gasteiger partial charge in [-0.15, -0.1) is 0 Å². The van der Waals surface area contributed by atoms with Crippen molar-refractivity contribution in [2.75, 3.05) is 11.1 Å². The lowest BCUT2D eigenvalue weighted by Crippen LogP contribution is -2.23. The van der Waals surface area contributed by atoms with E-state index >= 15 is 0 Å². The minimum atomic E-state index is -1.11. The second kappa shape index (κ2) is 8.13. The fourth-order valence-electron chi connectivity index (χ4n) is 2.69. The van der Waals surface area contributed by atoms with Crippen molar-refractivity contribution < 1.29 is 14.7 Å². The van der Waals surface area contributed by atoms with Gasteiger partial charge in [0.25, 0.3) is 5.56 Å². The van der Waals surface area contributed by atoms with Crippen LogP contribution >= 0.6 is 11.8 Å². The van der Waals surface area contributed by atoms with Gasteiger partial charge in [-0.1, -0.05) is 30.0 Å². The first-order valence-corrected chi connectivity index (χ1v) is 9.33. The summed E-state index contributed by atoms with van der Waals surface area (Å²) in [6.45, 7) is 1.74. The maximum Gasteiger partial charge on any atom is 0.338 e. The number of nitrogens with one attached hydrogen (secondary N) is 1. The number of carboxylic acids is 1. The number of carbonyl (C=O) groups is 2. The molecule has 0 atom stereocenters. The van der Waals surface area contributed by atoms with Gasteiger partial charge < -0.3 is 10.4 Å². The van der Waals surface area contributed by atoms with Gasteiger partial charge in [-0.25, -0.2) is 14.5 Å². The summed E-state index contributed by atoms with van der Waals surface area (Å²) < 4.78 is 3.14. The fourth-order valence-corrected chi connectivity index (χ4v) is 3.48. The van der Waals surface area contributed by atoms with Crippen LogP contribution in [0, 0.1) is 6.92 Å². The summed E-state index contributed by atoms with van der Waals surface area (Å²) in [5.74, 6) is -1.60. The summed E-state index contributed by atoms with van der Waals surface area (Å²) >= 11 is 1.00. The molecule has 0 radical (unpaired) electrons. The topological polar surface area (TPSA) is 106 Å². The van der Waals surface area contributed by atoms with E-state index in [2.05, 4.69) is 10.3 Å². The third kappa shape index (κ3) is 3.84. The first kappa shape index (κ1) is 19.4. The molecule has 144 valence electrons. The van der Waals surface area contributed by atoms with E-state index in [4.69, 9.17) is 0 Å². The molecule has 0 bridgehead atoms. The molecule has 0 spiro atoms. The zero-order valence-electron chi connectivity index (χ0n) is 15.2. The Hall–Kier alpha value is -3.33. The summed E-state index contributed by atoms with van der Waals surface area (Å²) in [7, 11) is 1.74. The van der Waals surface area contributed by atoms with E-state index in [0.29, 0.717) is 11.4 Å². The van der Waals surface area contributed by atoms with E-state index in [1.165, 1.54) is 23.0 Å². The van der Waals surface area contributed by atoms with E-state index in [0.717, 1.165) is 11.8 Å². The number of amides is 1. The molecule has 2 N–H and O–H groups in total. The largest absolute Gasteiger partial charge is 0.478 e. The Balaban J connectivity index is 1.79. The zero-order chi connectivity index (χ0) is 20.3. The Morgan fingerprint density at radius 3 is 2.57 bits per heavy atom. The second-order valence-corrected chi connectivity index (χ2v) is 6.90. The predicted molar refractivity (Wildman–Crippen MR) is 106 cm³/mol. The van der Waals surface area contributed by atoms with Crippen molar-refractivity contribution in [3.8, 4) is 5.69 Å². The standard InChI is InChI=1S/C19H18N4O4S/c1-12-16(18(25)23(22(12)2)13-7-4-3-5-8-13)21-15(24)11-28-17-14(19(26)27)9-6-10-20-17/h3-10H,11H2,1-2H3,(H,21,24)(H,26,27). The monoisotopic (exact) mass is 398 g/mol. The van der Waals surface area contributed by atoms with Gasteiger partial charge in [0.1, 0.15) is 10.7 Å². The van der Waals surface area contributed by atoms with Crippen LogP contribution in [-0.2, 0) is 11.8 Å². The minimum absolute atomic E-state index is 0.0302. The van der Waals surface area contributed by atoms with Crippen molar-refractivity contribution in [2.24, 2.45) is 7.05 Å². The molecule has 0 aliphatic carbocycles. The number of pyridine rings is 1. The van der Waals surface area contributed by atoms with E-state index in [-0.39, 0.29) is 27.6 Å². The van der Waals surface area contributed by atoms with Crippen LogP contribution in [0.25, 0.3) is 5.69 Å². The summed E-state index contributed by atoms with van der Waals surface area (Å²) in [4.78, 5) is 40.4. The molecule has 1 amide bonds. The van der Waals surface area contributed by atoms with Crippen molar-refractivity contribution in [3.05, 3.63) is 70.3 Å². The molecule has 0 aliphatic rings. The average molecular weight is 398 g/mol. The number of benzene rings is 1. The van der Waals surface area contributed by atoms with Gasteiger partial charge in [0.05, 0.1) is 22.7 Å². The quantitative estimate of drug-likeness (QED) is 0.617. The molecular weight excluding hydrogens is 380 g/mol. The molecule has 2 heterocycles. The first-order chi connectivity index (χ1) is 13.4. The third-order valence-electron chi connectivity index (χ3n) is 4.16. The second-order valence-electron chi connectivity index (χ2n) is 5.93. The van der Waals surface area contributed by atoms with Crippen LogP contribution in [0.2, 0.25) is 0 Å². The zero-order valence-corrected chi connectivity index (χ0v) is 16.1. The van der Waals surface area contributed by atoms with E-state index in [1.807, 2.05) is 18.2 Å². The Morgan fingerprint density at radius 1 is 1.18 bits per heavy atom. The number of anilines is 1. The van der Waals surface area contributed by atoms with E-state index in [9.17, 15) is 19.5 Å². The lowest BCUT2D eigenvalue weighted by Gasteiger charge is -2.07. The molecule has 3 aromatic rings. The molecule has 8 nitrogen and oxygen atoms in total. The highest BCUT2D eigenvalue weighted by Gasteiger charge is 2.19. The number of aromatic nitrogens is 3. The van der Waals surface area contributed by atoms with Crippen molar-refractivity contribution in [3.63, 3.8) is 0 Å². The molecule has 0 fully saturated rings. The maximum atomic E-state index is 12.8. The highest BCUT2D eigenvalue weighted by Crippen LogP contribution is 2.20. The maximum absolute atomic E-state index is 12.8. The van der Waals surface area contributed by atoms with E-state index in [1.54, 1.807) is 30.8 Å². The molecule has 0 saturated carbocycles. The van der Waals surface area contributed by atoms with Gasteiger partial charge in [0.15, 0.2) is 0 Å². The van der Waals surface area contributed by atoms with Gasteiger partial charge in [-0.3, -0.25) is 14.3 Å². The summed E-state index contributed by atoms with van der Waals surface area (Å²) in [6, 6.07) is 12.1. The minimum Gasteiger partial charge on any atom is -0.478 e. The van der Waals surface area contributed by atoms with Crippen LogP contribution in [0.5, 0.6) is 0 Å². The molecule has 0 unspecified atom stereocenters. The smallest absolute Gasteiger partial charge is 0.338 e. The lowest BCUT2D eigenvalue weighted by atomic mass is 10.3. The van der Waals surface area contributed by atoms with Crippen LogP contribution in [0.15, 0.2) is 58.5 Å². The molecule has 2 aromatic heterocycles. The Labute approximate surface area is 164 Å². The van der Waals surface area contributed by atoms with E-state index < -0.39 is 11.9 Å². The summed E-state index contributed by atoms with van der Waals surface area (Å²) in [5.41, 5.74) is 1.18. The number of hydrogen-bond donors (Lipinski definition) is 2. The molecule has 1 aromatic carbocycles. The highest BCUT2D eigenvalue weighted by atomic mass is 32.2. The van der Waals surface area contributed by atoms with Crippen molar-refractivity contribution in [1.82, 2.24) is 14.3 Å². The number of para-hydroxylation sites is 1. The SMILES string of the molecule is Cc1c(NC(=O)CSc2ncccc2C(=O)O)c(=O)n(-c2ccccc2)n1C. The van der Waals surface area contributed by atoms with Gasteiger partial charge in [0, 0.05) is 13.2 Å². The Bertz CT molecular complexity index is 1090. The number of carbonyl (C=O) groups excluding carboxylic acids is 1. The molecule has 28 heavy (non-hydrogen) atoms. The first-order valence-electron chi connectivity index (χ1n) is 8.35. The van der Waals surface area contributed by atoms with Gasteiger partial charge in [-0.2, -0.15) is 0 Å². The number of thioether (sulfide) groups is 1. The average Bonchev–Trinajstić information content (AvgIpc) is 2.90. The fraction of sp³-hybridized carbons (Fsp3) is 0.158. The number of aromatic carboxylic acids is 1. The van der Waals surface area contributed by atoms with Crippen LogP contribution in [0.4, 0.5) is 5.69 Å². The molecule has 3 rings (SSSR count). The van der Waals surface area contributed by atoms with Gasteiger partial charge in [0.2, 0.25) is 5.91 Å². The number of nitrogens with zero attached hydrogens (tertiary/aromatic N) is 3. The Kier molecular flexibility index (Phi) is 5.65. The number of rotatable bonds is 6. The molecule has 0 saturated heterocycles. The molecule has 0 aliphatic heterocycles. The van der Waals surface area contributed by atoms with Crippen molar-refractivity contribution >= 4 is 29.3 Å². The normalized spacial score (nSPS) is 10.6. The molecule has 9 heteroatoms. The van der Waals surface area contributed by atoms with Crippen molar-refractivity contribution in [2.45, 2.75) is 11.9 Å². The van der Waals surface area contributed by atoms with Crippen LogP contribution < -0.4 is 10.9 Å². The third-order valence-corrected chi connectivity index (χ3v) is 5.17. The van der Waals surface area contributed by atoms with Crippen LogP contribution in [-0.4, -0.2) is 37.1 Å². The van der Waals surface area contributed by atoms with Crippen LogP contribution in [0.3, 0.4) is 0 Å².